The van der Waals surface area contributed by atoms with E-state index in [-0.39, 0.29) is 5.54 Å². The molecule has 1 heterocycles. The Morgan fingerprint density at radius 3 is 2.29 bits per heavy atom. The summed E-state index contributed by atoms with van der Waals surface area (Å²) >= 11 is 0. The normalized spacial score (nSPS) is 24.4. The Hall–Kier alpha value is -0.820. The molecule has 1 atom stereocenters. The van der Waals surface area contributed by atoms with Gasteiger partial charge < -0.3 is 5.32 Å². The average molecular weight is 189 g/mol. The van der Waals surface area contributed by atoms with Crippen LogP contribution in [0.3, 0.4) is 0 Å². The van der Waals surface area contributed by atoms with Crippen molar-refractivity contribution >= 4 is 0 Å². The fourth-order valence-corrected chi connectivity index (χ4v) is 2.13. The van der Waals surface area contributed by atoms with Crippen LogP contribution in [-0.2, 0) is 6.42 Å². The Morgan fingerprint density at radius 2 is 1.93 bits per heavy atom. The van der Waals surface area contributed by atoms with Gasteiger partial charge in [-0.05, 0) is 31.4 Å². The molecular weight excluding hydrogens is 170 g/mol. The highest BCUT2D eigenvalue weighted by Crippen LogP contribution is 2.34. The predicted octanol–water partition coefficient (Wildman–Crippen LogP) is 2.71. The second-order valence-corrected chi connectivity index (χ2v) is 4.75. The average Bonchev–Trinajstić information content (AvgIpc) is 2.18. The quantitative estimate of drug-likeness (QED) is 0.754. The lowest BCUT2D eigenvalue weighted by Crippen LogP contribution is -2.59. The smallest absolute Gasteiger partial charge is 0.0206 e. The molecule has 1 unspecified atom stereocenters. The summed E-state index contributed by atoms with van der Waals surface area (Å²) in [5.74, 6) is 0.688. The summed E-state index contributed by atoms with van der Waals surface area (Å²) in [6.07, 6.45) is 1.13. The van der Waals surface area contributed by atoms with Crippen LogP contribution in [0.4, 0.5) is 0 Å². The molecule has 0 radical (unpaired) electrons. The molecular formula is C13H19N. The Balaban J connectivity index is 2.17. The summed E-state index contributed by atoms with van der Waals surface area (Å²) < 4.78 is 0. The Bertz CT molecular complexity index is 311. The fraction of sp³-hybridized carbons (Fsp3) is 0.538. The van der Waals surface area contributed by atoms with E-state index in [9.17, 15) is 0 Å². The highest BCUT2D eigenvalue weighted by atomic mass is 15.1. The van der Waals surface area contributed by atoms with Crippen LogP contribution in [0.1, 0.15) is 37.8 Å². The SMILES string of the molecule is CCc1ccc(C2CNC2(C)C)cc1. The molecule has 1 aromatic carbocycles. The van der Waals surface area contributed by atoms with Crippen LogP contribution in [0, 0.1) is 0 Å². The first-order chi connectivity index (χ1) is 6.63. The fourth-order valence-electron chi connectivity index (χ4n) is 2.13. The molecule has 0 aromatic heterocycles. The summed E-state index contributed by atoms with van der Waals surface area (Å²) in [6, 6.07) is 9.08. The van der Waals surface area contributed by atoms with E-state index in [4.69, 9.17) is 0 Å². The monoisotopic (exact) mass is 189 g/mol. The zero-order chi connectivity index (χ0) is 10.2. The predicted molar refractivity (Wildman–Crippen MR) is 60.6 cm³/mol. The molecule has 1 N–H and O–H groups in total. The lowest BCUT2D eigenvalue weighted by molar-refractivity contribution is 0.208. The van der Waals surface area contributed by atoms with Crippen molar-refractivity contribution in [3.8, 4) is 0 Å². The lowest BCUT2D eigenvalue weighted by atomic mass is 9.75. The Morgan fingerprint density at radius 1 is 1.29 bits per heavy atom. The largest absolute Gasteiger partial charge is 0.310 e. The maximum Gasteiger partial charge on any atom is 0.0206 e. The van der Waals surface area contributed by atoms with Crippen molar-refractivity contribution in [2.75, 3.05) is 6.54 Å². The van der Waals surface area contributed by atoms with Gasteiger partial charge in [-0.3, -0.25) is 0 Å². The molecule has 0 amide bonds. The highest BCUT2D eigenvalue weighted by molar-refractivity contribution is 5.30. The topological polar surface area (TPSA) is 12.0 Å². The van der Waals surface area contributed by atoms with Crippen LogP contribution in [0.25, 0.3) is 0 Å². The molecule has 0 aliphatic carbocycles. The number of hydrogen-bond donors (Lipinski definition) is 1. The van der Waals surface area contributed by atoms with E-state index in [0.29, 0.717) is 5.92 Å². The van der Waals surface area contributed by atoms with Crippen molar-refractivity contribution in [3.63, 3.8) is 0 Å². The van der Waals surface area contributed by atoms with Gasteiger partial charge in [0.25, 0.3) is 0 Å². The van der Waals surface area contributed by atoms with Crippen molar-refractivity contribution in [3.05, 3.63) is 35.4 Å². The van der Waals surface area contributed by atoms with E-state index in [0.717, 1.165) is 13.0 Å². The van der Waals surface area contributed by atoms with Gasteiger partial charge >= 0.3 is 0 Å². The van der Waals surface area contributed by atoms with Crippen LogP contribution >= 0.6 is 0 Å². The summed E-state index contributed by atoms with van der Waals surface area (Å²) in [4.78, 5) is 0. The summed E-state index contributed by atoms with van der Waals surface area (Å²) in [5, 5.41) is 3.46. The summed E-state index contributed by atoms with van der Waals surface area (Å²) in [7, 11) is 0. The van der Waals surface area contributed by atoms with E-state index < -0.39 is 0 Å². The number of hydrogen-bond acceptors (Lipinski definition) is 1. The van der Waals surface area contributed by atoms with Crippen molar-refractivity contribution < 1.29 is 0 Å². The molecule has 1 aliphatic heterocycles. The zero-order valence-corrected chi connectivity index (χ0v) is 9.30. The third kappa shape index (κ3) is 1.57. The lowest BCUT2D eigenvalue weighted by Gasteiger charge is -2.46. The van der Waals surface area contributed by atoms with Gasteiger partial charge in [-0.25, -0.2) is 0 Å². The summed E-state index contributed by atoms with van der Waals surface area (Å²) in [5.41, 5.74) is 3.19. The van der Waals surface area contributed by atoms with Gasteiger partial charge in [-0.15, -0.1) is 0 Å². The third-order valence-electron chi connectivity index (χ3n) is 3.42. The molecule has 0 saturated carbocycles. The number of nitrogens with one attached hydrogen (secondary N) is 1. The first-order valence-corrected chi connectivity index (χ1v) is 5.47. The van der Waals surface area contributed by atoms with E-state index in [1.54, 1.807) is 0 Å². The van der Waals surface area contributed by atoms with Gasteiger partial charge in [-0.1, -0.05) is 31.2 Å². The van der Waals surface area contributed by atoms with Crippen LogP contribution < -0.4 is 5.32 Å². The van der Waals surface area contributed by atoms with Gasteiger partial charge in [0.1, 0.15) is 0 Å². The van der Waals surface area contributed by atoms with Crippen molar-refractivity contribution in [1.82, 2.24) is 5.32 Å². The van der Waals surface area contributed by atoms with Crippen molar-refractivity contribution in [2.24, 2.45) is 0 Å². The van der Waals surface area contributed by atoms with Crippen LogP contribution in [0.15, 0.2) is 24.3 Å². The molecule has 0 spiro atoms. The van der Waals surface area contributed by atoms with E-state index in [1.807, 2.05) is 0 Å². The van der Waals surface area contributed by atoms with Gasteiger partial charge in [0.15, 0.2) is 0 Å². The van der Waals surface area contributed by atoms with Crippen LogP contribution in [0.2, 0.25) is 0 Å². The maximum atomic E-state index is 3.46. The third-order valence-corrected chi connectivity index (χ3v) is 3.42. The first-order valence-electron chi connectivity index (χ1n) is 5.47. The summed E-state index contributed by atoms with van der Waals surface area (Å²) in [6.45, 7) is 7.87. The Kier molecular flexibility index (Phi) is 2.36. The van der Waals surface area contributed by atoms with Gasteiger partial charge in [0.05, 0.1) is 0 Å². The Labute approximate surface area is 86.5 Å². The van der Waals surface area contributed by atoms with Crippen LogP contribution in [0.5, 0.6) is 0 Å². The number of aryl methyl sites for hydroxylation is 1. The van der Waals surface area contributed by atoms with E-state index >= 15 is 0 Å². The molecule has 0 bridgehead atoms. The second-order valence-electron chi connectivity index (χ2n) is 4.75. The molecule has 2 rings (SSSR count). The van der Waals surface area contributed by atoms with E-state index in [2.05, 4.69) is 50.4 Å². The number of benzene rings is 1. The van der Waals surface area contributed by atoms with Gasteiger partial charge in [0.2, 0.25) is 0 Å². The molecule has 1 saturated heterocycles. The molecule has 1 fully saturated rings. The zero-order valence-electron chi connectivity index (χ0n) is 9.30. The highest BCUT2D eigenvalue weighted by Gasteiger charge is 2.38. The minimum Gasteiger partial charge on any atom is -0.310 e. The van der Waals surface area contributed by atoms with Gasteiger partial charge in [0, 0.05) is 18.0 Å². The minimum absolute atomic E-state index is 0.285. The van der Waals surface area contributed by atoms with E-state index in [1.165, 1.54) is 11.1 Å². The molecule has 14 heavy (non-hydrogen) atoms. The first kappa shape index (κ1) is 9.72. The number of rotatable bonds is 2. The molecule has 1 nitrogen and oxygen atoms in total. The molecule has 1 aromatic rings. The molecule has 1 aliphatic rings. The second kappa shape index (κ2) is 3.39. The van der Waals surface area contributed by atoms with Crippen molar-refractivity contribution in [1.29, 1.82) is 0 Å². The van der Waals surface area contributed by atoms with Crippen LogP contribution in [-0.4, -0.2) is 12.1 Å². The minimum atomic E-state index is 0.285. The molecule has 76 valence electrons. The van der Waals surface area contributed by atoms with Gasteiger partial charge in [-0.2, -0.15) is 0 Å². The molecule has 1 heteroatoms. The standard InChI is InChI=1S/C13H19N/c1-4-10-5-7-11(8-6-10)12-9-14-13(12,2)3/h5-8,12,14H,4,9H2,1-3H3. The maximum absolute atomic E-state index is 3.46. The van der Waals surface area contributed by atoms with Crippen molar-refractivity contribution in [2.45, 2.75) is 38.6 Å².